The minimum atomic E-state index is -0.807. The lowest BCUT2D eigenvalue weighted by molar-refractivity contribution is -0.137. The third-order valence-electron chi connectivity index (χ3n) is 6.42. The van der Waals surface area contributed by atoms with E-state index in [1.165, 1.54) is 0 Å². The fourth-order valence-electron chi connectivity index (χ4n) is 4.46. The van der Waals surface area contributed by atoms with Crippen LogP contribution >= 0.6 is 0 Å². The van der Waals surface area contributed by atoms with Gasteiger partial charge in [0.25, 0.3) is 0 Å². The summed E-state index contributed by atoms with van der Waals surface area (Å²) in [5.41, 5.74) is 4.85. The van der Waals surface area contributed by atoms with Crippen LogP contribution in [0.25, 0.3) is 33.1 Å². The van der Waals surface area contributed by atoms with Crippen molar-refractivity contribution in [2.24, 2.45) is 0 Å². The Morgan fingerprint density at radius 3 is 2.46 bits per heavy atom. The highest BCUT2D eigenvalue weighted by Gasteiger charge is 2.19. The number of nitrogens with one attached hydrogen (secondary N) is 1. The largest absolute Gasteiger partial charge is 0.481 e. The van der Waals surface area contributed by atoms with Gasteiger partial charge in [-0.3, -0.25) is 9.59 Å². The molecule has 4 rings (SSSR count). The van der Waals surface area contributed by atoms with E-state index in [2.05, 4.69) is 5.32 Å². The first-order chi connectivity index (χ1) is 16.9. The van der Waals surface area contributed by atoms with Crippen molar-refractivity contribution in [1.29, 1.82) is 0 Å². The number of benzene rings is 2. The maximum absolute atomic E-state index is 12.8. The van der Waals surface area contributed by atoms with E-state index in [0.29, 0.717) is 29.7 Å². The van der Waals surface area contributed by atoms with Crippen LogP contribution in [0.3, 0.4) is 0 Å². The number of aliphatic carboxylic acids is 1. The second-order valence-corrected chi connectivity index (χ2v) is 8.82. The van der Waals surface area contributed by atoms with E-state index < -0.39 is 11.6 Å². The smallest absolute Gasteiger partial charge is 0.339 e. The van der Waals surface area contributed by atoms with Gasteiger partial charge in [-0.15, -0.1) is 0 Å². The van der Waals surface area contributed by atoms with Gasteiger partial charge in [-0.05, 0) is 50.3 Å². The number of carbonyl (C=O) groups excluding carboxylic acids is 1. The normalized spacial score (nSPS) is 11.3. The van der Waals surface area contributed by atoms with Gasteiger partial charge in [0.2, 0.25) is 5.91 Å². The molecule has 7 nitrogen and oxygen atoms in total. The lowest BCUT2D eigenvalue weighted by Gasteiger charge is -2.10. The Hall–Kier alpha value is -3.87. The number of fused-ring (bicyclic) bond motifs is 2. The van der Waals surface area contributed by atoms with Crippen molar-refractivity contribution in [3.63, 3.8) is 0 Å². The van der Waals surface area contributed by atoms with Gasteiger partial charge in [0.05, 0.1) is 6.26 Å². The number of hydrogen-bond acceptors (Lipinski definition) is 5. The van der Waals surface area contributed by atoms with E-state index in [0.717, 1.165) is 45.9 Å². The molecule has 1 amide bonds. The molecule has 0 atom stereocenters. The first-order valence-electron chi connectivity index (χ1n) is 11.9. The Bertz CT molecular complexity index is 1430. The summed E-state index contributed by atoms with van der Waals surface area (Å²) < 4.78 is 11.6. The Balaban J connectivity index is 1.53. The summed E-state index contributed by atoms with van der Waals surface area (Å²) >= 11 is 0. The van der Waals surface area contributed by atoms with E-state index in [-0.39, 0.29) is 25.2 Å². The summed E-state index contributed by atoms with van der Waals surface area (Å²) in [5.74, 6) is -0.950. The van der Waals surface area contributed by atoms with Crippen molar-refractivity contribution in [3.05, 3.63) is 69.8 Å². The van der Waals surface area contributed by atoms with Gasteiger partial charge in [-0.25, -0.2) is 4.79 Å². The molecule has 0 fully saturated rings. The molecule has 0 aliphatic heterocycles. The molecule has 2 aromatic heterocycles. The Labute approximate surface area is 202 Å². The minimum absolute atomic E-state index is 0.141. The van der Waals surface area contributed by atoms with Crippen LogP contribution in [-0.2, 0) is 16.0 Å². The number of unbranched alkanes of at least 4 members (excludes halogenated alkanes) is 2. The molecular weight excluding hydrogens is 446 g/mol. The van der Waals surface area contributed by atoms with E-state index >= 15 is 0 Å². The van der Waals surface area contributed by atoms with E-state index in [1.807, 2.05) is 50.2 Å². The Kier molecular flexibility index (Phi) is 7.34. The molecule has 2 aromatic carbocycles. The SMILES string of the molecule is Cc1c(CCC(=O)NCCCCCC(=O)O)c(=O)oc2c(C)c3occ(-c4ccccc4)c3cc12. The highest BCUT2D eigenvalue weighted by molar-refractivity contribution is 6.04. The predicted molar refractivity (Wildman–Crippen MR) is 135 cm³/mol. The topological polar surface area (TPSA) is 110 Å². The van der Waals surface area contributed by atoms with Crippen molar-refractivity contribution >= 4 is 33.8 Å². The van der Waals surface area contributed by atoms with Crippen LogP contribution in [0.2, 0.25) is 0 Å². The summed E-state index contributed by atoms with van der Waals surface area (Å²) in [7, 11) is 0. The third-order valence-corrected chi connectivity index (χ3v) is 6.42. The fraction of sp³-hybridized carbons (Fsp3) is 0.321. The molecule has 182 valence electrons. The predicted octanol–water partition coefficient (Wildman–Crippen LogP) is 5.52. The van der Waals surface area contributed by atoms with Gasteiger partial charge in [0.1, 0.15) is 11.2 Å². The van der Waals surface area contributed by atoms with Crippen LogP contribution in [0, 0.1) is 13.8 Å². The van der Waals surface area contributed by atoms with Crippen molar-refractivity contribution in [3.8, 4) is 11.1 Å². The molecule has 0 radical (unpaired) electrons. The lowest BCUT2D eigenvalue weighted by Crippen LogP contribution is -2.25. The quantitative estimate of drug-likeness (QED) is 0.231. The number of hydrogen-bond donors (Lipinski definition) is 2. The minimum Gasteiger partial charge on any atom is -0.481 e. The molecular formula is C28H29NO6. The molecule has 2 heterocycles. The number of furan rings is 1. The molecule has 35 heavy (non-hydrogen) atoms. The highest BCUT2D eigenvalue weighted by Crippen LogP contribution is 2.37. The fourth-order valence-corrected chi connectivity index (χ4v) is 4.46. The molecule has 0 aliphatic carbocycles. The van der Waals surface area contributed by atoms with Crippen LogP contribution in [0.15, 0.2) is 56.3 Å². The molecule has 0 aliphatic rings. The van der Waals surface area contributed by atoms with Crippen molar-refractivity contribution in [2.45, 2.75) is 52.4 Å². The molecule has 0 spiro atoms. The van der Waals surface area contributed by atoms with E-state index in [1.54, 1.807) is 6.26 Å². The van der Waals surface area contributed by atoms with Crippen LogP contribution in [0.5, 0.6) is 0 Å². The van der Waals surface area contributed by atoms with Crippen molar-refractivity contribution < 1.29 is 23.5 Å². The molecule has 0 saturated heterocycles. The summed E-state index contributed by atoms with van der Waals surface area (Å²) in [6.07, 6.45) is 4.39. The second kappa shape index (κ2) is 10.6. The van der Waals surface area contributed by atoms with Crippen LogP contribution < -0.4 is 10.9 Å². The second-order valence-electron chi connectivity index (χ2n) is 8.82. The maximum atomic E-state index is 12.8. The monoisotopic (exact) mass is 475 g/mol. The number of rotatable bonds is 10. The average molecular weight is 476 g/mol. The summed E-state index contributed by atoms with van der Waals surface area (Å²) in [6, 6.07) is 12.0. The van der Waals surface area contributed by atoms with Gasteiger partial charge >= 0.3 is 11.6 Å². The van der Waals surface area contributed by atoms with Crippen LogP contribution in [-0.4, -0.2) is 23.5 Å². The van der Waals surface area contributed by atoms with Gasteiger partial charge in [-0.2, -0.15) is 0 Å². The van der Waals surface area contributed by atoms with E-state index in [4.69, 9.17) is 13.9 Å². The van der Waals surface area contributed by atoms with Gasteiger partial charge in [0, 0.05) is 46.8 Å². The summed E-state index contributed by atoms with van der Waals surface area (Å²) in [4.78, 5) is 35.6. The standard InChI is InChI=1S/C28H29NO6/c1-17-20(12-13-24(30)29-14-8-4-7-11-25(31)32)28(33)35-27-18(2)26-22(15-21(17)27)23(16-34-26)19-9-5-3-6-10-19/h3,5-6,9-10,15-16H,4,7-8,11-14H2,1-2H3,(H,29,30)(H,31,32). The lowest BCUT2D eigenvalue weighted by atomic mass is 9.97. The molecule has 0 saturated carbocycles. The zero-order valence-corrected chi connectivity index (χ0v) is 20.0. The van der Waals surface area contributed by atoms with Gasteiger partial charge in [0.15, 0.2) is 0 Å². The number of carboxylic acids is 1. The van der Waals surface area contributed by atoms with Crippen LogP contribution in [0.4, 0.5) is 0 Å². The van der Waals surface area contributed by atoms with Gasteiger partial charge < -0.3 is 19.3 Å². The van der Waals surface area contributed by atoms with Crippen molar-refractivity contribution in [2.75, 3.05) is 6.54 Å². The first kappa shape index (κ1) is 24.3. The molecule has 0 unspecified atom stereocenters. The third kappa shape index (κ3) is 5.29. The van der Waals surface area contributed by atoms with Gasteiger partial charge in [-0.1, -0.05) is 36.8 Å². The number of aryl methyl sites for hydroxylation is 2. The van der Waals surface area contributed by atoms with Crippen molar-refractivity contribution in [1.82, 2.24) is 5.32 Å². The van der Waals surface area contributed by atoms with E-state index in [9.17, 15) is 14.4 Å². The first-order valence-corrected chi connectivity index (χ1v) is 11.9. The molecule has 7 heteroatoms. The Morgan fingerprint density at radius 1 is 0.943 bits per heavy atom. The summed E-state index contributed by atoms with van der Waals surface area (Å²) in [5, 5.41) is 13.3. The summed E-state index contributed by atoms with van der Waals surface area (Å²) in [6.45, 7) is 4.26. The number of carbonyl (C=O) groups is 2. The molecule has 2 N–H and O–H groups in total. The molecule has 4 aromatic rings. The maximum Gasteiger partial charge on any atom is 0.339 e. The highest BCUT2D eigenvalue weighted by atomic mass is 16.4. The zero-order chi connectivity index (χ0) is 24.9. The molecule has 0 bridgehead atoms. The van der Waals surface area contributed by atoms with Crippen LogP contribution in [0.1, 0.15) is 48.8 Å². The number of amides is 1. The zero-order valence-electron chi connectivity index (χ0n) is 20.0. The Morgan fingerprint density at radius 2 is 1.71 bits per heavy atom. The average Bonchev–Trinajstić information content (AvgIpc) is 3.27. The number of carboxylic acid groups (broad SMARTS) is 1.